The van der Waals surface area contributed by atoms with Crippen LogP contribution in [0.4, 0.5) is 0 Å². The van der Waals surface area contributed by atoms with Crippen LogP contribution in [0.3, 0.4) is 0 Å². The van der Waals surface area contributed by atoms with Gasteiger partial charge in [0.15, 0.2) is 23.4 Å². The second kappa shape index (κ2) is 9.67. The first-order chi connectivity index (χ1) is 15.1. The molecule has 6 heteroatoms. The highest BCUT2D eigenvalue weighted by Gasteiger charge is 2.21. The lowest BCUT2D eigenvalue weighted by Gasteiger charge is -2.19. The molecule has 0 bridgehead atoms. The van der Waals surface area contributed by atoms with Crippen LogP contribution in [-0.4, -0.2) is 25.0 Å². The maximum absolute atomic E-state index is 12.6. The van der Waals surface area contributed by atoms with Crippen molar-refractivity contribution in [3.63, 3.8) is 0 Å². The van der Waals surface area contributed by atoms with Crippen LogP contribution in [0.15, 0.2) is 72.8 Å². The van der Waals surface area contributed by atoms with Gasteiger partial charge < -0.3 is 14.2 Å². The maximum Gasteiger partial charge on any atom is 0.307 e. The number of ketones is 1. The minimum Gasteiger partial charge on any atom is -0.486 e. The van der Waals surface area contributed by atoms with E-state index in [-0.39, 0.29) is 18.6 Å². The maximum atomic E-state index is 12.6. The molecule has 0 spiro atoms. The van der Waals surface area contributed by atoms with Gasteiger partial charge in [0.25, 0.3) is 0 Å². The van der Waals surface area contributed by atoms with E-state index >= 15 is 0 Å². The first kappa shape index (κ1) is 20.9. The van der Waals surface area contributed by atoms with Gasteiger partial charge in [-0.3, -0.25) is 9.59 Å². The van der Waals surface area contributed by atoms with Crippen molar-refractivity contribution in [3.8, 4) is 11.5 Å². The average Bonchev–Trinajstić information content (AvgIpc) is 2.82. The van der Waals surface area contributed by atoms with Crippen LogP contribution in [-0.2, 0) is 9.53 Å². The molecule has 31 heavy (non-hydrogen) atoms. The van der Waals surface area contributed by atoms with Gasteiger partial charge in [-0.15, -0.1) is 0 Å². The summed E-state index contributed by atoms with van der Waals surface area (Å²) >= 11 is 5.99. The van der Waals surface area contributed by atoms with E-state index in [1.807, 2.05) is 42.5 Å². The molecule has 1 atom stereocenters. The summed E-state index contributed by atoms with van der Waals surface area (Å²) in [5.41, 5.74) is 2.13. The molecule has 0 N–H and O–H groups in total. The number of fused-ring (bicyclic) bond motifs is 1. The zero-order valence-electron chi connectivity index (χ0n) is 16.8. The molecule has 5 nitrogen and oxygen atoms in total. The second-order valence-corrected chi connectivity index (χ2v) is 7.55. The molecule has 0 radical (unpaired) electrons. The lowest BCUT2D eigenvalue weighted by Crippen LogP contribution is -2.16. The summed E-state index contributed by atoms with van der Waals surface area (Å²) in [7, 11) is 0. The van der Waals surface area contributed by atoms with E-state index in [0.717, 1.165) is 11.1 Å². The summed E-state index contributed by atoms with van der Waals surface area (Å²) in [4.78, 5) is 25.2. The number of ether oxygens (including phenoxy) is 3. The van der Waals surface area contributed by atoms with Crippen molar-refractivity contribution in [2.75, 3.05) is 13.2 Å². The largest absolute Gasteiger partial charge is 0.486 e. The predicted octanol–water partition coefficient (Wildman–Crippen LogP) is 5.41. The Balaban J connectivity index is 1.42. The topological polar surface area (TPSA) is 61.8 Å². The number of benzene rings is 3. The van der Waals surface area contributed by atoms with Crippen molar-refractivity contribution in [1.29, 1.82) is 0 Å². The van der Waals surface area contributed by atoms with Gasteiger partial charge in [-0.1, -0.05) is 54.1 Å². The van der Waals surface area contributed by atoms with E-state index in [1.165, 1.54) is 0 Å². The molecule has 0 saturated heterocycles. The number of carbonyl (C=O) groups is 2. The Morgan fingerprint density at radius 1 is 0.839 bits per heavy atom. The molecular formula is C25H21ClO5. The number of halogens is 1. The number of esters is 1. The fourth-order valence-electron chi connectivity index (χ4n) is 3.36. The zero-order chi connectivity index (χ0) is 21.6. The van der Waals surface area contributed by atoms with Crippen molar-refractivity contribution in [3.05, 3.63) is 94.5 Å². The Kier molecular flexibility index (Phi) is 6.53. The number of hydrogen-bond donors (Lipinski definition) is 0. The van der Waals surface area contributed by atoms with Gasteiger partial charge >= 0.3 is 5.97 Å². The highest BCUT2D eigenvalue weighted by Crippen LogP contribution is 2.31. The molecule has 0 aliphatic carbocycles. The molecule has 1 aliphatic heterocycles. The quantitative estimate of drug-likeness (QED) is 0.366. The standard InChI is InChI=1S/C25H21ClO5/c26-20-9-6-18(7-10-20)25(17-4-2-1-3-5-17)31-24(28)13-11-21(27)19-8-12-22-23(16-19)30-15-14-29-22/h1-10,12,16,25H,11,13-15H2/t25-/m0/s1. The van der Waals surface area contributed by atoms with Crippen LogP contribution in [0, 0.1) is 0 Å². The van der Waals surface area contributed by atoms with Crippen LogP contribution in [0.5, 0.6) is 11.5 Å². The Morgan fingerprint density at radius 2 is 1.52 bits per heavy atom. The lowest BCUT2D eigenvalue weighted by molar-refractivity contribution is -0.147. The first-order valence-electron chi connectivity index (χ1n) is 10.0. The fourth-order valence-corrected chi connectivity index (χ4v) is 3.49. The Morgan fingerprint density at radius 3 is 2.26 bits per heavy atom. The third kappa shape index (κ3) is 5.25. The van der Waals surface area contributed by atoms with Gasteiger partial charge in [-0.05, 0) is 41.5 Å². The van der Waals surface area contributed by atoms with Crippen LogP contribution < -0.4 is 9.47 Å². The van der Waals surface area contributed by atoms with E-state index in [4.69, 9.17) is 25.8 Å². The molecule has 158 valence electrons. The molecule has 0 aromatic heterocycles. The van der Waals surface area contributed by atoms with Gasteiger partial charge in [0.1, 0.15) is 13.2 Å². The van der Waals surface area contributed by atoms with Crippen molar-refractivity contribution in [2.24, 2.45) is 0 Å². The van der Waals surface area contributed by atoms with E-state index in [9.17, 15) is 9.59 Å². The van der Waals surface area contributed by atoms with E-state index < -0.39 is 12.1 Å². The molecule has 1 aliphatic rings. The molecule has 0 saturated carbocycles. The van der Waals surface area contributed by atoms with Crippen LogP contribution in [0.2, 0.25) is 5.02 Å². The SMILES string of the molecule is O=C(CCC(=O)c1ccc2c(c1)OCCO2)O[C@@H](c1ccccc1)c1ccc(Cl)cc1. The van der Waals surface area contributed by atoms with Crippen LogP contribution in [0.1, 0.15) is 40.4 Å². The number of rotatable bonds is 7. The number of hydrogen-bond acceptors (Lipinski definition) is 5. The van der Waals surface area contributed by atoms with E-state index in [2.05, 4.69) is 0 Å². The lowest BCUT2D eigenvalue weighted by atomic mass is 10.0. The minimum atomic E-state index is -0.574. The number of carbonyl (C=O) groups excluding carboxylic acids is 2. The van der Waals surface area contributed by atoms with Crippen LogP contribution in [0.25, 0.3) is 0 Å². The minimum absolute atomic E-state index is 0.0236. The second-order valence-electron chi connectivity index (χ2n) is 7.11. The van der Waals surface area contributed by atoms with Crippen molar-refractivity contribution in [1.82, 2.24) is 0 Å². The smallest absolute Gasteiger partial charge is 0.307 e. The number of Topliss-reactive ketones (excluding diaryl/α,β-unsaturated/α-hetero) is 1. The summed E-state index contributed by atoms with van der Waals surface area (Å²) in [5, 5.41) is 0.604. The molecule has 0 unspecified atom stereocenters. The molecule has 4 rings (SSSR count). The first-order valence-corrected chi connectivity index (χ1v) is 10.4. The summed E-state index contributed by atoms with van der Waals surface area (Å²) in [6.45, 7) is 0.935. The third-order valence-electron chi connectivity index (χ3n) is 4.94. The molecule has 0 fully saturated rings. The summed E-state index contributed by atoms with van der Waals surface area (Å²) in [5.74, 6) is 0.564. The summed E-state index contributed by atoms with van der Waals surface area (Å²) in [6, 6.07) is 21.7. The highest BCUT2D eigenvalue weighted by atomic mass is 35.5. The van der Waals surface area contributed by atoms with Crippen molar-refractivity contribution < 1.29 is 23.8 Å². The summed E-state index contributed by atoms with van der Waals surface area (Å²) in [6.07, 6.45) is -0.555. The predicted molar refractivity (Wildman–Crippen MR) is 117 cm³/mol. The van der Waals surface area contributed by atoms with Gasteiger partial charge in [-0.25, -0.2) is 0 Å². The highest BCUT2D eigenvalue weighted by molar-refractivity contribution is 6.30. The van der Waals surface area contributed by atoms with E-state index in [0.29, 0.717) is 35.3 Å². The van der Waals surface area contributed by atoms with Crippen LogP contribution >= 0.6 is 11.6 Å². The summed E-state index contributed by atoms with van der Waals surface area (Å²) < 4.78 is 16.8. The molecular weight excluding hydrogens is 416 g/mol. The molecule has 1 heterocycles. The molecule has 0 amide bonds. The van der Waals surface area contributed by atoms with Gasteiger partial charge in [0.2, 0.25) is 0 Å². The van der Waals surface area contributed by atoms with Crippen molar-refractivity contribution >= 4 is 23.4 Å². The zero-order valence-corrected chi connectivity index (χ0v) is 17.5. The monoisotopic (exact) mass is 436 g/mol. The Hall–Kier alpha value is -3.31. The van der Waals surface area contributed by atoms with Gasteiger partial charge in [0.05, 0.1) is 6.42 Å². The van der Waals surface area contributed by atoms with Crippen molar-refractivity contribution in [2.45, 2.75) is 18.9 Å². The van der Waals surface area contributed by atoms with Gasteiger partial charge in [-0.2, -0.15) is 0 Å². The normalized spacial score (nSPS) is 13.3. The molecule has 3 aromatic rings. The van der Waals surface area contributed by atoms with E-state index in [1.54, 1.807) is 30.3 Å². The Labute approximate surface area is 185 Å². The van der Waals surface area contributed by atoms with Gasteiger partial charge in [0, 0.05) is 17.0 Å². The Bertz CT molecular complexity index is 1060. The average molecular weight is 437 g/mol. The third-order valence-corrected chi connectivity index (χ3v) is 5.20. The fraction of sp³-hybridized carbons (Fsp3) is 0.200. The molecule has 3 aromatic carbocycles.